The minimum Gasteiger partial charge on any atom is -0.478 e. The van der Waals surface area contributed by atoms with Crippen LogP contribution in [-0.2, 0) is 4.79 Å². The molecule has 0 radical (unpaired) electrons. The first kappa shape index (κ1) is 28.6. The van der Waals surface area contributed by atoms with Gasteiger partial charge in [0, 0.05) is 16.9 Å². The third kappa shape index (κ3) is 5.68. The lowest BCUT2D eigenvalue weighted by Crippen LogP contribution is -2.65. The molecule has 210 valence electrons. The highest BCUT2D eigenvalue weighted by molar-refractivity contribution is 6.24. The van der Waals surface area contributed by atoms with E-state index >= 15 is 0 Å². The number of aromatic carboxylic acids is 2. The van der Waals surface area contributed by atoms with Crippen LogP contribution in [0.3, 0.4) is 0 Å². The van der Waals surface area contributed by atoms with Crippen molar-refractivity contribution < 1.29 is 39.0 Å². The number of hydrogen-bond donors (Lipinski definition) is 5. The van der Waals surface area contributed by atoms with Gasteiger partial charge in [0.15, 0.2) is 5.66 Å². The second-order valence-electron chi connectivity index (χ2n) is 9.90. The Hall–Kier alpha value is -5.36. The highest BCUT2D eigenvalue weighted by atomic mass is 16.4. The molecule has 6 N–H and O–H groups in total. The fraction of sp³-hybridized carbons (Fsp3) is 0.172. The van der Waals surface area contributed by atoms with Crippen molar-refractivity contribution >= 4 is 46.9 Å². The van der Waals surface area contributed by atoms with Crippen molar-refractivity contribution in [2.75, 3.05) is 10.6 Å². The van der Waals surface area contributed by atoms with Crippen molar-refractivity contribution in [2.45, 2.75) is 25.9 Å². The first-order valence-electron chi connectivity index (χ1n) is 12.4. The molecule has 12 heteroatoms. The van der Waals surface area contributed by atoms with Crippen LogP contribution in [0.2, 0.25) is 0 Å². The zero-order valence-corrected chi connectivity index (χ0v) is 22.0. The molecule has 41 heavy (non-hydrogen) atoms. The van der Waals surface area contributed by atoms with Crippen molar-refractivity contribution in [3.63, 3.8) is 0 Å². The molecule has 1 atom stereocenters. The summed E-state index contributed by atoms with van der Waals surface area (Å²) in [7, 11) is 0. The SMILES string of the molecule is CC(C)C[C@](N)(C(=O)Nc1ccc(C(=O)O)cc1)N1C(=O)c2ccc(C(=O)Nc3ccc(C(=O)O)cc3)cc2C1=O. The Labute approximate surface area is 233 Å². The maximum absolute atomic E-state index is 13.5. The lowest BCUT2D eigenvalue weighted by molar-refractivity contribution is -0.126. The number of amides is 4. The minimum atomic E-state index is -2.11. The van der Waals surface area contributed by atoms with E-state index in [0.717, 1.165) is 0 Å². The average molecular weight is 559 g/mol. The normalized spacial score (nSPS) is 13.9. The molecule has 3 aromatic rings. The van der Waals surface area contributed by atoms with E-state index < -0.39 is 41.2 Å². The third-order valence-corrected chi connectivity index (χ3v) is 6.44. The molecule has 4 amide bonds. The highest BCUT2D eigenvalue weighted by Crippen LogP contribution is 2.32. The Morgan fingerprint density at radius 3 is 1.71 bits per heavy atom. The summed E-state index contributed by atoms with van der Waals surface area (Å²) in [5.41, 5.74) is 4.89. The Morgan fingerprint density at radius 1 is 0.756 bits per heavy atom. The van der Waals surface area contributed by atoms with Crippen molar-refractivity contribution in [3.05, 3.63) is 94.5 Å². The molecule has 0 saturated heterocycles. The van der Waals surface area contributed by atoms with Gasteiger partial charge < -0.3 is 26.6 Å². The van der Waals surface area contributed by atoms with E-state index in [4.69, 9.17) is 15.9 Å². The number of nitrogens with zero attached hydrogens (tertiary/aromatic N) is 1. The van der Waals surface area contributed by atoms with Crippen LogP contribution in [0.5, 0.6) is 0 Å². The number of carboxylic acids is 2. The van der Waals surface area contributed by atoms with Gasteiger partial charge in [-0.15, -0.1) is 0 Å². The van der Waals surface area contributed by atoms with Gasteiger partial charge in [0.2, 0.25) is 0 Å². The minimum absolute atomic E-state index is 0.00153. The Morgan fingerprint density at radius 2 is 1.22 bits per heavy atom. The number of hydrogen-bond acceptors (Lipinski definition) is 7. The lowest BCUT2D eigenvalue weighted by atomic mass is 9.95. The van der Waals surface area contributed by atoms with Gasteiger partial charge in [-0.3, -0.25) is 19.2 Å². The smallest absolute Gasteiger partial charge is 0.335 e. The van der Waals surface area contributed by atoms with Gasteiger partial charge in [0.25, 0.3) is 23.6 Å². The molecule has 1 aliphatic heterocycles. The number of nitrogens with two attached hydrogens (primary N) is 1. The number of rotatable bonds is 9. The molecule has 0 aliphatic carbocycles. The van der Waals surface area contributed by atoms with E-state index in [9.17, 15) is 28.8 Å². The van der Waals surface area contributed by atoms with Crippen LogP contribution < -0.4 is 16.4 Å². The summed E-state index contributed by atoms with van der Waals surface area (Å²) in [6.07, 6.45) is -0.0861. The molecule has 0 saturated carbocycles. The molecule has 0 unspecified atom stereocenters. The fourth-order valence-corrected chi connectivity index (χ4v) is 4.49. The van der Waals surface area contributed by atoms with Gasteiger partial charge >= 0.3 is 11.9 Å². The molecule has 0 bridgehead atoms. The van der Waals surface area contributed by atoms with E-state index in [2.05, 4.69) is 10.6 Å². The number of nitrogens with one attached hydrogen (secondary N) is 2. The first-order chi connectivity index (χ1) is 19.3. The van der Waals surface area contributed by atoms with Gasteiger partial charge in [-0.05, 0) is 79.1 Å². The monoisotopic (exact) mass is 558 g/mol. The number of carbonyl (C=O) groups is 6. The summed E-state index contributed by atoms with van der Waals surface area (Å²) in [6, 6.07) is 14.6. The van der Waals surface area contributed by atoms with Crippen LogP contribution in [0.4, 0.5) is 11.4 Å². The second-order valence-corrected chi connectivity index (χ2v) is 9.90. The van der Waals surface area contributed by atoms with Crippen LogP contribution in [-0.4, -0.2) is 56.3 Å². The number of carbonyl (C=O) groups excluding carboxylic acids is 4. The van der Waals surface area contributed by atoms with E-state index in [0.29, 0.717) is 10.6 Å². The molecule has 1 aliphatic rings. The van der Waals surface area contributed by atoms with Crippen LogP contribution in [0.1, 0.15) is 72.1 Å². The first-order valence-corrected chi connectivity index (χ1v) is 12.4. The summed E-state index contributed by atoms with van der Waals surface area (Å²) >= 11 is 0. The summed E-state index contributed by atoms with van der Waals surface area (Å²) < 4.78 is 0. The number of carboxylic acid groups (broad SMARTS) is 2. The Balaban J connectivity index is 1.60. The van der Waals surface area contributed by atoms with E-state index in [1.807, 2.05) is 0 Å². The summed E-state index contributed by atoms with van der Waals surface area (Å²) in [5, 5.41) is 23.3. The number of benzene rings is 3. The maximum Gasteiger partial charge on any atom is 0.335 e. The fourth-order valence-electron chi connectivity index (χ4n) is 4.49. The second kappa shape index (κ2) is 11.0. The number of imide groups is 1. The highest BCUT2D eigenvalue weighted by Gasteiger charge is 2.51. The molecule has 3 aromatic carbocycles. The molecule has 4 rings (SSSR count). The van der Waals surface area contributed by atoms with Crippen LogP contribution in [0.25, 0.3) is 0 Å². The summed E-state index contributed by atoms with van der Waals surface area (Å²) in [4.78, 5) is 76.1. The molecule has 12 nitrogen and oxygen atoms in total. The van der Waals surface area contributed by atoms with Crippen LogP contribution in [0, 0.1) is 5.92 Å². The predicted octanol–water partition coefficient (Wildman–Crippen LogP) is 3.27. The van der Waals surface area contributed by atoms with E-state index in [1.54, 1.807) is 13.8 Å². The van der Waals surface area contributed by atoms with Crippen molar-refractivity contribution in [2.24, 2.45) is 11.7 Å². The largest absolute Gasteiger partial charge is 0.478 e. The van der Waals surface area contributed by atoms with Gasteiger partial charge in [-0.2, -0.15) is 0 Å². The van der Waals surface area contributed by atoms with Gasteiger partial charge in [0.1, 0.15) is 0 Å². The average Bonchev–Trinajstić information content (AvgIpc) is 3.18. The molecule has 0 spiro atoms. The maximum atomic E-state index is 13.5. The third-order valence-electron chi connectivity index (χ3n) is 6.44. The Bertz CT molecular complexity index is 1580. The molecule has 1 heterocycles. The summed E-state index contributed by atoms with van der Waals surface area (Å²) in [6.45, 7) is 3.53. The quantitative estimate of drug-likeness (QED) is 0.245. The predicted molar refractivity (Wildman–Crippen MR) is 147 cm³/mol. The Kier molecular flexibility index (Phi) is 7.70. The zero-order chi connectivity index (χ0) is 30.1. The number of fused-ring (bicyclic) bond motifs is 1. The zero-order valence-electron chi connectivity index (χ0n) is 22.0. The standard InChI is InChI=1S/C29H26N4O8/c1-15(2)14-29(30,28(41)32-20-10-5-17(6-11-20)27(39)40)33-24(35)21-12-7-18(13-22(21)25(33)36)23(34)31-19-8-3-16(4-9-19)26(37)38/h3-13,15H,14,30H2,1-2H3,(H,31,34)(H,32,41)(H,37,38)(H,39,40)/t29-/m1/s1. The van der Waals surface area contributed by atoms with E-state index in [-0.39, 0.29) is 45.8 Å². The van der Waals surface area contributed by atoms with E-state index in [1.165, 1.54) is 66.7 Å². The number of anilines is 2. The van der Waals surface area contributed by atoms with Crippen molar-refractivity contribution in [1.29, 1.82) is 0 Å². The molecular weight excluding hydrogens is 532 g/mol. The van der Waals surface area contributed by atoms with Gasteiger partial charge in [0.05, 0.1) is 22.3 Å². The van der Waals surface area contributed by atoms with Crippen LogP contribution >= 0.6 is 0 Å². The van der Waals surface area contributed by atoms with Crippen molar-refractivity contribution in [1.82, 2.24) is 4.90 Å². The molecule has 0 aromatic heterocycles. The van der Waals surface area contributed by atoms with Gasteiger partial charge in [-0.1, -0.05) is 13.8 Å². The summed E-state index contributed by atoms with van der Waals surface area (Å²) in [5.74, 6) is -5.62. The molecule has 0 fully saturated rings. The topological polar surface area (TPSA) is 196 Å². The lowest BCUT2D eigenvalue weighted by Gasteiger charge is -2.36. The van der Waals surface area contributed by atoms with Crippen molar-refractivity contribution in [3.8, 4) is 0 Å². The molecular formula is C29H26N4O8. The van der Waals surface area contributed by atoms with Crippen LogP contribution in [0.15, 0.2) is 66.7 Å². The van der Waals surface area contributed by atoms with Gasteiger partial charge in [-0.25, -0.2) is 14.5 Å².